The molecule has 1 aliphatic heterocycles. The van der Waals surface area contributed by atoms with Gasteiger partial charge in [0, 0.05) is 24.2 Å². The molecule has 1 atom stereocenters. The van der Waals surface area contributed by atoms with Crippen molar-refractivity contribution in [3.8, 4) is 0 Å². The lowest BCUT2D eigenvalue weighted by molar-refractivity contribution is -0.124. The topological polar surface area (TPSA) is 74.0 Å². The standard InChI is InChI=1S/C15H17N3O2/c19-14-11(8-10-4-1-2-5-12(10)18-14)9-17-13-6-3-7-16-15(13)20/h1-2,4-5,8,13,17H,3,6-7,9H2,(H,16,20)(H,18,19). The van der Waals surface area contributed by atoms with Crippen LogP contribution in [-0.2, 0) is 11.3 Å². The van der Waals surface area contributed by atoms with E-state index in [0.717, 1.165) is 30.3 Å². The van der Waals surface area contributed by atoms with Crippen molar-refractivity contribution in [1.29, 1.82) is 0 Å². The number of amides is 1. The molecule has 2 aromatic rings. The molecule has 1 saturated heterocycles. The van der Waals surface area contributed by atoms with Crippen LogP contribution < -0.4 is 16.2 Å². The molecule has 3 rings (SSSR count). The fraction of sp³-hybridized carbons (Fsp3) is 0.333. The van der Waals surface area contributed by atoms with E-state index in [0.29, 0.717) is 12.1 Å². The normalized spacial score (nSPS) is 19.0. The Balaban J connectivity index is 1.78. The van der Waals surface area contributed by atoms with Crippen molar-refractivity contribution in [1.82, 2.24) is 15.6 Å². The minimum atomic E-state index is -0.199. The first-order chi connectivity index (χ1) is 9.74. The maximum absolute atomic E-state index is 12.0. The molecule has 0 saturated carbocycles. The molecule has 1 amide bonds. The number of aromatic nitrogens is 1. The van der Waals surface area contributed by atoms with Gasteiger partial charge in [-0.2, -0.15) is 0 Å². The van der Waals surface area contributed by atoms with E-state index in [9.17, 15) is 9.59 Å². The molecule has 20 heavy (non-hydrogen) atoms. The Bertz CT molecular complexity index is 693. The lowest BCUT2D eigenvalue weighted by Gasteiger charge is -2.22. The minimum absolute atomic E-state index is 0.0217. The molecule has 0 radical (unpaired) electrons. The quantitative estimate of drug-likeness (QED) is 0.776. The molecular formula is C15H17N3O2. The number of hydrogen-bond acceptors (Lipinski definition) is 3. The van der Waals surface area contributed by atoms with E-state index in [2.05, 4.69) is 15.6 Å². The monoisotopic (exact) mass is 271 g/mol. The number of nitrogens with one attached hydrogen (secondary N) is 3. The first-order valence-corrected chi connectivity index (χ1v) is 6.86. The van der Waals surface area contributed by atoms with Gasteiger partial charge in [-0.3, -0.25) is 9.59 Å². The number of carbonyl (C=O) groups excluding carboxylic acids is 1. The van der Waals surface area contributed by atoms with Crippen molar-refractivity contribution in [3.63, 3.8) is 0 Å². The average molecular weight is 271 g/mol. The molecular weight excluding hydrogens is 254 g/mol. The first-order valence-electron chi connectivity index (χ1n) is 6.86. The summed E-state index contributed by atoms with van der Waals surface area (Å²) in [7, 11) is 0. The summed E-state index contributed by atoms with van der Waals surface area (Å²) in [6.45, 7) is 1.14. The van der Waals surface area contributed by atoms with Crippen molar-refractivity contribution in [2.45, 2.75) is 25.4 Å². The van der Waals surface area contributed by atoms with Crippen LogP contribution in [0.3, 0.4) is 0 Å². The maximum atomic E-state index is 12.0. The third kappa shape index (κ3) is 2.58. The number of para-hydroxylation sites is 1. The Morgan fingerprint density at radius 2 is 2.10 bits per heavy atom. The molecule has 0 bridgehead atoms. The molecule has 1 aliphatic rings. The van der Waals surface area contributed by atoms with Crippen LogP contribution in [-0.4, -0.2) is 23.5 Å². The Morgan fingerprint density at radius 1 is 1.25 bits per heavy atom. The summed E-state index contributed by atoms with van der Waals surface area (Å²) < 4.78 is 0. The minimum Gasteiger partial charge on any atom is -0.355 e. The van der Waals surface area contributed by atoms with Gasteiger partial charge in [0.15, 0.2) is 0 Å². The van der Waals surface area contributed by atoms with Crippen LogP contribution in [0.4, 0.5) is 0 Å². The summed E-state index contributed by atoms with van der Waals surface area (Å²) >= 11 is 0. The number of carbonyl (C=O) groups is 1. The summed E-state index contributed by atoms with van der Waals surface area (Å²) in [5.41, 5.74) is 1.38. The number of pyridine rings is 1. The van der Waals surface area contributed by atoms with Gasteiger partial charge in [0.2, 0.25) is 5.91 Å². The zero-order chi connectivity index (χ0) is 13.9. The Kier molecular flexibility index (Phi) is 3.52. The number of fused-ring (bicyclic) bond motifs is 1. The number of hydrogen-bond donors (Lipinski definition) is 3. The fourth-order valence-corrected chi connectivity index (χ4v) is 2.52. The second-order valence-corrected chi connectivity index (χ2v) is 5.08. The number of benzene rings is 1. The number of aromatic amines is 1. The Hall–Kier alpha value is -2.14. The summed E-state index contributed by atoms with van der Waals surface area (Å²) in [4.78, 5) is 26.5. The molecule has 2 heterocycles. The van der Waals surface area contributed by atoms with Crippen LogP contribution in [0.2, 0.25) is 0 Å². The second kappa shape index (κ2) is 5.46. The molecule has 5 nitrogen and oxygen atoms in total. The molecule has 104 valence electrons. The fourth-order valence-electron chi connectivity index (χ4n) is 2.52. The third-order valence-corrected chi connectivity index (χ3v) is 3.65. The van der Waals surface area contributed by atoms with Crippen LogP contribution >= 0.6 is 0 Å². The van der Waals surface area contributed by atoms with Gasteiger partial charge in [0.1, 0.15) is 0 Å². The molecule has 1 unspecified atom stereocenters. The number of piperidine rings is 1. The van der Waals surface area contributed by atoms with Crippen LogP contribution in [0.15, 0.2) is 35.1 Å². The Labute approximate surface area is 116 Å². The molecule has 3 N–H and O–H groups in total. The van der Waals surface area contributed by atoms with Gasteiger partial charge in [-0.25, -0.2) is 0 Å². The van der Waals surface area contributed by atoms with E-state index in [1.807, 2.05) is 30.3 Å². The van der Waals surface area contributed by atoms with E-state index in [1.165, 1.54) is 0 Å². The second-order valence-electron chi connectivity index (χ2n) is 5.08. The van der Waals surface area contributed by atoms with Gasteiger partial charge in [-0.15, -0.1) is 0 Å². The van der Waals surface area contributed by atoms with Gasteiger partial charge >= 0.3 is 0 Å². The highest BCUT2D eigenvalue weighted by Crippen LogP contribution is 2.10. The van der Waals surface area contributed by atoms with Crippen molar-refractivity contribution in [2.75, 3.05) is 6.54 Å². The van der Waals surface area contributed by atoms with Crippen molar-refractivity contribution < 1.29 is 4.79 Å². The van der Waals surface area contributed by atoms with Crippen LogP contribution in [0, 0.1) is 0 Å². The van der Waals surface area contributed by atoms with Gasteiger partial charge in [-0.05, 0) is 30.4 Å². The first kappa shape index (κ1) is 12.9. The number of H-pyrrole nitrogens is 1. The maximum Gasteiger partial charge on any atom is 0.252 e. The highest BCUT2D eigenvalue weighted by Gasteiger charge is 2.21. The summed E-state index contributed by atoms with van der Waals surface area (Å²) in [5, 5.41) is 6.98. The highest BCUT2D eigenvalue weighted by molar-refractivity contribution is 5.82. The number of rotatable bonds is 3. The molecule has 0 aliphatic carbocycles. The van der Waals surface area contributed by atoms with Crippen LogP contribution in [0.1, 0.15) is 18.4 Å². The largest absolute Gasteiger partial charge is 0.355 e. The van der Waals surface area contributed by atoms with Gasteiger partial charge in [-0.1, -0.05) is 18.2 Å². The highest BCUT2D eigenvalue weighted by atomic mass is 16.2. The summed E-state index contributed by atoms with van der Waals surface area (Å²) in [6.07, 6.45) is 1.79. The SMILES string of the molecule is O=C1NCCCC1NCc1cc2ccccc2[nH]c1=O. The lowest BCUT2D eigenvalue weighted by Crippen LogP contribution is -2.48. The molecule has 1 aromatic heterocycles. The van der Waals surface area contributed by atoms with Crippen LogP contribution in [0.5, 0.6) is 0 Å². The van der Waals surface area contributed by atoms with Gasteiger partial charge < -0.3 is 15.6 Å². The predicted octanol–water partition coefficient (Wildman–Crippen LogP) is 0.896. The molecule has 5 heteroatoms. The van der Waals surface area contributed by atoms with E-state index < -0.39 is 0 Å². The molecule has 1 fully saturated rings. The lowest BCUT2D eigenvalue weighted by atomic mass is 10.1. The van der Waals surface area contributed by atoms with E-state index in [-0.39, 0.29) is 17.5 Å². The van der Waals surface area contributed by atoms with Crippen molar-refractivity contribution in [3.05, 3.63) is 46.2 Å². The van der Waals surface area contributed by atoms with E-state index in [1.54, 1.807) is 0 Å². The van der Waals surface area contributed by atoms with E-state index in [4.69, 9.17) is 0 Å². The van der Waals surface area contributed by atoms with E-state index >= 15 is 0 Å². The summed E-state index contributed by atoms with van der Waals surface area (Å²) in [5.74, 6) is 0.0217. The zero-order valence-electron chi connectivity index (χ0n) is 11.1. The molecule has 0 spiro atoms. The smallest absolute Gasteiger partial charge is 0.252 e. The summed E-state index contributed by atoms with van der Waals surface area (Å²) in [6, 6.07) is 9.34. The molecule has 1 aromatic carbocycles. The van der Waals surface area contributed by atoms with Crippen molar-refractivity contribution >= 4 is 16.8 Å². The van der Waals surface area contributed by atoms with Gasteiger partial charge in [0.25, 0.3) is 5.56 Å². The Morgan fingerprint density at radius 3 is 2.95 bits per heavy atom. The van der Waals surface area contributed by atoms with Crippen molar-refractivity contribution in [2.24, 2.45) is 0 Å². The third-order valence-electron chi connectivity index (χ3n) is 3.65. The predicted molar refractivity (Wildman–Crippen MR) is 77.4 cm³/mol. The van der Waals surface area contributed by atoms with Crippen LogP contribution in [0.25, 0.3) is 10.9 Å². The average Bonchev–Trinajstić information content (AvgIpc) is 2.46. The van der Waals surface area contributed by atoms with Gasteiger partial charge in [0.05, 0.1) is 6.04 Å². The zero-order valence-corrected chi connectivity index (χ0v) is 11.1.